The van der Waals surface area contributed by atoms with E-state index in [4.69, 9.17) is 30.4 Å². The quantitative estimate of drug-likeness (QED) is 0.0605. The molecule has 4 N–H and O–H groups in total. The molecule has 8 nitrogen and oxygen atoms in total. The van der Waals surface area contributed by atoms with E-state index in [0.29, 0.717) is 42.5 Å². The van der Waals surface area contributed by atoms with Gasteiger partial charge in [-0.05, 0) is 85.5 Å². The van der Waals surface area contributed by atoms with Crippen molar-refractivity contribution in [2.75, 3.05) is 31.3 Å². The normalized spacial score (nSPS) is 10.9. The van der Waals surface area contributed by atoms with Crippen LogP contribution in [0.4, 0.5) is 11.4 Å². The molecule has 3 aromatic rings. The maximum absolute atomic E-state index is 12.2. The lowest BCUT2D eigenvalue weighted by Crippen LogP contribution is -2.08. The van der Waals surface area contributed by atoms with E-state index < -0.39 is 11.9 Å². The molecule has 0 fully saturated rings. The van der Waals surface area contributed by atoms with Crippen molar-refractivity contribution in [3.05, 3.63) is 83.9 Å². The van der Waals surface area contributed by atoms with Gasteiger partial charge in [0, 0.05) is 17.5 Å². The van der Waals surface area contributed by atoms with Crippen LogP contribution in [0.15, 0.2) is 72.8 Å². The molecule has 0 aliphatic rings. The zero-order chi connectivity index (χ0) is 29.3. The first-order valence-electron chi connectivity index (χ1n) is 14.1. The van der Waals surface area contributed by atoms with E-state index in [9.17, 15) is 9.59 Å². The predicted octanol–water partition coefficient (Wildman–Crippen LogP) is 6.84. The lowest BCUT2D eigenvalue weighted by atomic mass is 10.1. The summed E-state index contributed by atoms with van der Waals surface area (Å²) in [7, 11) is 0. The minimum absolute atomic E-state index is 0.365. The zero-order valence-electron chi connectivity index (χ0n) is 23.7. The van der Waals surface area contributed by atoms with Gasteiger partial charge >= 0.3 is 11.9 Å². The molecule has 218 valence electrons. The monoisotopic (exact) mass is 560 g/mol. The molecule has 0 spiro atoms. The van der Waals surface area contributed by atoms with E-state index >= 15 is 0 Å². The Morgan fingerprint density at radius 1 is 0.683 bits per heavy atom. The van der Waals surface area contributed by atoms with Crippen molar-refractivity contribution in [3.63, 3.8) is 0 Å². The second-order valence-electron chi connectivity index (χ2n) is 9.64. The maximum atomic E-state index is 12.2. The van der Waals surface area contributed by atoms with E-state index in [-0.39, 0.29) is 0 Å². The first-order chi connectivity index (χ1) is 19.9. The number of rotatable bonds is 17. The van der Waals surface area contributed by atoms with Crippen molar-refractivity contribution in [2.45, 2.75) is 51.9 Å². The molecule has 3 aromatic carbocycles. The van der Waals surface area contributed by atoms with E-state index in [1.54, 1.807) is 48.5 Å². The molecule has 3 rings (SSSR count). The number of hydrogen-bond donors (Lipinski definition) is 2. The number of nitrogen functional groups attached to an aromatic ring is 2. The minimum atomic E-state index is -0.449. The highest BCUT2D eigenvalue weighted by molar-refractivity contribution is 5.91. The molecular weight excluding hydrogens is 520 g/mol. The Morgan fingerprint density at radius 3 is 1.85 bits per heavy atom. The standard InChI is InChI=1S/C33H40N2O6/c1-2-3-19-38-30-14-16-31(17-15-30)41-32(36)18-11-25-9-12-29(13-10-25)39-20-7-5-4-6-8-21-40-33(37)26-22-27(34)24-28(35)23-26/h9-18,22-24H,2-8,19-21,34-35H2,1H3/b18-11+. The smallest absolute Gasteiger partial charge is 0.338 e. The van der Waals surface area contributed by atoms with Gasteiger partial charge in [0.1, 0.15) is 17.2 Å². The van der Waals surface area contributed by atoms with Crippen LogP contribution in [0.3, 0.4) is 0 Å². The summed E-state index contributed by atoms with van der Waals surface area (Å²) in [6.45, 7) is 3.77. The minimum Gasteiger partial charge on any atom is -0.494 e. The summed E-state index contributed by atoms with van der Waals surface area (Å²) in [6, 6.07) is 19.3. The van der Waals surface area contributed by atoms with Gasteiger partial charge in [-0.15, -0.1) is 0 Å². The summed E-state index contributed by atoms with van der Waals surface area (Å²) in [4.78, 5) is 24.2. The number of hydrogen-bond acceptors (Lipinski definition) is 8. The fourth-order valence-corrected chi connectivity index (χ4v) is 3.89. The lowest BCUT2D eigenvalue weighted by Gasteiger charge is -2.08. The number of esters is 2. The van der Waals surface area contributed by atoms with Crippen LogP contribution in [-0.4, -0.2) is 31.8 Å². The summed E-state index contributed by atoms with van der Waals surface area (Å²) in [5, 5.41) is 0. The van der Waals surface area contributed by atoms with Gasteiger partial charge < -0.3 is 30.4 Å². The summed E-state index contributed by atoms with van der Waals surface area (Å²) in [5.74, 6) is 1.15. The largest absolute Gasteiger partial charge is 0.494 e. The second kappa shape index (κ2) is 17.3. The van der Waals surface area contributed by atoms with Crippen molar-refractivity contribution in [1.29, 1.82) is 0 Å². The van der Waals surface area contributed by atoms with Crippen molar-refractivity contribution >= 4 is 29.4 Å². The van der Waals surface area contributed by atoms with E-state index in [2.05, 4.69) is 6.92 Å². The highest BCUT2D eigenvalue weighted by Gasteiger charge is 2.08. The van der Waals surface area contributed by atoms with Crippen LogP contribution in [0, 0.1) is 0 Å². The highest BCUT2D eigenvalue weighted by atomic mass is 16.5. The molecule has 0 aliphatic carbocycles. The molecule has 0 bridgehead atoms. The Balaban J connectivity index is 1.24. The van der Waals surface area contributed by atoms with Gasteiger partial charge in [-0.3, -0.25) is 0 Å². The summed E-state index contributed by atoms with van der Waals surface area (Å²) >= 11 is 0. The first kappa shape index (κ1) is 31.1. The molecule has 0 heterocycles. The Labute approximate surface area is 242 Å². The topological polar surface area (TPSA) is 123 Å². The van der Waals surface area contributed by atoms with Gasteiger partial charge in [0.2, 0.25) is 0 Å². The third kappa shape index (κ3) is 12.1. The SMILES string of the molecule is CCCCOc1ccc(OC(=O)/C=C/c2ccc(OCCCCCCCOC(=O)c3cc(N)cc(N)c3)cc2)cc1. The number of anilines is 2. The molecule has 0 radical (unpaired) electrons. The zero-order valence-corrected chi connectivity index (χ0v) is 23.7. The van der Waals surface area contributed by atoms with Gasteiger partial charge in [-0.2, -0.15) is 0 Å². The molecule has 0 saturated heterocycles. The lowest BCUT2D eigenvalue weighted by molar-refractivity contribution is -0.128. The van der Waals surface area contributed by atoms with Crippen LogP contribution in [0.5, 0.6) is 17.2 Å². The average Bonchev–Trinajstić information content (AvgIpc) is 2.96. The molecule has 0 aromatic heterocycles. The third-order valence-corrected chi connectivity index (χ3v) is 6.10. The van der Waals surface area contributed by atoms with Crippen LogP contribution < -0.4 is 25.7 Å². The van der Waals surface area contributed by atoms with Crippen LogP contribution >= 0.6 is 0 Å². The molecule has 0 aliphatic heterocycles. The average molecular weight is 561 g/mol. The molecule has 0 amide bonds. The number of carbonyl (C=O) groups excluding carboxylic acids is 2. The molecule has 41 heavy (non-hydrogen) atoms. The highest BCUT2D eigenvalue weighted by Crippen LogP contribution is 2.19. The van der Waals surface area contributed by atoms with Gasteiger partial charge in [-0.1, -0.05) is 44.7 Å². The number of ether oxygens (including phenoxy) is 4. The Bertz CT molecular complexity index is 1240. The first-order valence-corrected chi connectivity index (χ1v) is 14.1. The number of benzene rings is 3. The second-order valence-corrected chi connectivity index (χ2v) is 9.64. The van der Waals surface area contributed by atoms with Gasteiger partial charge in [-0.25, -0.2) is 9.59 Å². The Hall–Kier alpha value is -4.46. The maximum Gasteiger partial charge on any atom is 0.338 e. The molecule has 0 saturated carbocycles. The van der Waals surface area contributed by atoms with E-state index in [0.717, 1.165) is 62.0 Å². The van der Waals surface area contributed by atoms with Crippen LogP contribution in [0.1, 0.15) is 67.8 Å². The summed E-state index contributed by atoms with van der Waals surface area (Å²) in [6.07, 6.45) is 9.94. The molecular formula is C33H40N2O6. The van der Waals surface area contributed by atoms with Crippen molar-refractivity contribution in [2.24, 2.45) is 0 Å². The number of carbonyl (C=O) groups is 2. The van der Waals surface area contributed by atoms with Crippen molar-refractivity contribution in [1.82, 2.24) is 0 Å². The molecule has 0 atom stereocenters. The molecule has 8 heteroatoms. The summed E-state index contributed by atoms with van der Waals surface area (Å²) < 4.78 is 22.1. The number of unbranched alkanes of at least 4 members (excludes halogenated alkanes) is 5. The fourth-order valence-electron chi connectivity index (χ4n) is 3.89. The van der Waals surface area contributed by atoms with Crippen molar-refractivity contribution in [3.8, 4) is 17.2 Å². The van der Waals surface area contributed by atoms with Crippen LogP contribution in [0.25, 0.3) is 6.08 Å². The van der Waals surface area contributed by atoms with Crippen LogP contribution in [0.2, 0.25) is 0 Å². The van der Waals surface area contributed by atoms with Crippen molar-refractivity contribution < 1.29 is 28.5 Å². The fraction of sp³-hybridized carbons (Fsp3) is 0.333. The van der Waals surface area contributed by atoms with Crippen LogP contribution in [-0.2, 0) is 9.53 Å². The number of nitrogens with two attached hydrogens (primary N) is 2. The third-order valence-electron chi connectivity index (χ3n) is 6.10. The molecule has 0 unspecified atom stereocenters. The summed E-state index contributed by atoms with van der Waals surface area (Å²) in [5.41, 5.74) is 13.6. The van der Waals surface area contributed by atoms with Gasteiger partial charge in [0.05, 0.1) is 25.4 Å². The van der Waals surface area contributed by atoms with E-state index in [1.807, 2.05) is 24.3 Å². The van der Waals surface area contributed by atoms with Gasteiger partial charge in [0.25, 0.3) is 0 Å². The van der Waals surface area contributed by atoms with Gasteiger partial charge in [0.15, 0.2) is 0 Å². The Kier molecular flexibility index (Phi) is 13.1. The predicted molar refractivity (Wildman–Crippen MR) is 162 cm³/mol. The van der Waals surface area contributed by atoms with E-state index in [1.165, 1.54) is 6.08 Å². The Morgan fingerprint density at radius 2 is 1.22 bits per heavy atom.